The molecule has 36 heavy (non-hydrogen) atoms. The molecule has 1 atom stereocenters. The monoisotopic (exact) mass is 500 g/mol. The van der Waals surface area contributed by atoms with Crippen molar-refractivity contribution in [2.24, 2.45) is 0 Å². The van der Waals surface area contributed by atoms with E-state index in [0.29, 0.717) is 0 Å². The van der Waals surface area contributed by atoms with Crippen LogP contribution < -0.4 is 5.32 Å². The van der Waals surface area contributed by atoms with E-state index >= 15 is 0 Å². The third-order valence-corrected chi connectivity index (χ3v) is 5.02. The van der Waals surface area contributed by atoms with Gasteiger partial charge in [0.15, 0.2) is 6.10 Å². The van der Waals surface area contributed by atoms with Gasteiger partial charge in [0.25, 0.3) is 5.69 Å². The van der Waals surface area contributed by atoms with Crippen molar-refractivity contribution in [2.75, 3.05) is 5.32 Å². The number of ketones is 1. The first kappa shape index (κ1) is 26.1. The fourth-order valence-corrected chi connectivity index (χ4v) is 3.26. The van der Waals surface area contributed by atoms with Crippen molar-refractivity contribution in [3.05, 3.63) is 106 Å². The van der Waals surface area contributed by atoms with Gasteiger partial charge in [0.2, 0.25) is 11.7 Å². The Bertz CT molecular complexity index is 1260. The summed E-state index contributed by atoms with van der Waals surface area (Å²) < 4.78 is 44.6. The van der Waals surface area contributed by atoms with E-state index in [2.05, 4.69) is 5.32 Å². The number of hydrogen-bond acceptors (Lipinski definition) is 6. The number of esters is 1. The number of carbonyl (C=O) groups is 3. The van der Waals surface area contributed by atoms with E-state index in [1.807, 2.05) is 0 Å². The van der Waals surface area contributed by atoms with Gasteiger partial charge in [-0.05, 0) is 24.3 Å². The molecule has 11 heteroatoms. The molecular formula is C25H19F3N2O6. The number of Topliss-reactive ketones (excluding diaryl/α,β-unsaturated/α-hetero) is 1. The van der Waals surface area contributed by atoms with Crippen molar-refractivity contribution < 1.29 is 37.2 Å². The van der Waals surface area contributed by atoms with E-state index in [1.165, 1.54) is 36.4 Å². The van der Waals surface area contributed by atoms with Crippen molar-refractivity contribution in [2.45, 2.75) is 25.1 Å². The standard InChI is InChI=1S/C25H19F3N2O6/c26-25(27,28)19-8-4-5-9-20(19)29-21(31)14-15-22(32)36-24(23(33)16-6-2-1-3-7-16)17-10-12-18(13-11-17)30(34)35/h1-13,24H,14-15H2,(H,29,31)/t24-/m1/s1. The Kier molecular flexibility index (Phi) is 8.15. The summed E-state index contributed by atoms with van der Waals surface area (Å²) in [6, 6.07) is 17.1. The molecule has 0 aliphatic carbocycles. The van der Waals surface area contributed by atoms with Crippen molar-refractivity contribution >= 4 is 29.0 Å². The number of non-ortho nitro benzene ring substituents is 1. The Labute approximate surface area is 202 Å². The minimum atomic E-state index is -4.68. The van der Waals surface area contributed by atoms with Crippen molar-refractivity contribution in [3.8, 4) is 0 Å². The summed E-state index contributed by atoms with van der Waals surface area (Å²) in [6.45, 7) is 0. The molecule has 0 unspecified atom stereocenters. The fraction of sp³-hybridized carbons (Fsp3) is 0.160. The summed E-state index contributed by atoms with van der Waals surface area (Å²) in [5, 5.41) is 13.0. The number of carbonyl (C=O) groups excluding carboxylic acids is 3. The SMILES string of the molecule is O=C(CCC(=O)O[C@@H](C(=O)c1ccccc1)c1ccc([N+](=O)[O-])cc1)Nc1ccccc1C(F)(F)F. The summed E-state index contributed by atoms with van der Waals surface area (Å²) >= 11 is 0. The molecule has 0 aliphatic rings. The van der Waals surface area contributed by atoms with Gasteiger partial charge in [0.1, 0.15) is 0 Å². The highest BCUT2D eigenvalue weighted by molar-refractivity contribution is 6.01. The number of nitro benzene ring substituents is 1. The largest absolute Gasteiger partial charge is 0.449 e. The highest BCUT2D eigenvalue weighted by atomic mass is 19.4. The zero-order chi connectivity index (χ0) is 26.3. The number of rotatable bonds is 9. The molecule has 3 aromatic carbocycles. The molecule has 0 saturated heterocycles. The minimum absolute atomic E-state index is 0.173. The first-order valence-electron chi connectivity index (χ1n) is 10.6. The molecule has 3 rings (SSSR count). The summed E-state index contributed by atoms with van der Waals surface area (Å²) in [5.74, 6) is -2.41. The van der Waals surface area contributed by atoms with Gasteiger partial charge >= 0.3 is 12.1 Å². The van der Waals surface area contributed by atoms with Gasteiger partial charge < -0.3 is 10.1 Å². The number of para-hydroxylation sites is 1. The molecule has 3 aromatic rings. The third kappa shape index (κ3) is 6.75. The highest BCUT2D eigenvalue weighted by Gasteiger charge is 2.33. The predicted molar refractivity (Wildman–Crippen MR) is 122 cm³/mol. The first-order valence-corrected chi connectivity index (χ1v) is 10.6. The van der Waals surface area contributed by atoms with Crippen LogP contribution in [0.1, 0.15) is 40.4 Å². The molecule has 0 aromatic heterocycles. The average Bonchev–Trinajstić information content (AvgIpc) is 2.86. The smallest absolute Gasteiger partial charge is 0.418 e. The summed E-state index contributed by atoms with van der Waals surface area (Å²) in [7, 11) is 0. The van der Waals surface area contributed by atoms with Crippen LogP contribution in [0.3, 0.4) is 0 Å². The van der Waals surface area contributed by atoms with Crippen LogP contribution in [-0.4, -0.2) is 22.6 Å². The summed E-state index contributed by atoms with van der Waals surface area (Å²) in [4.78, 5) is 48.0. The van der Waals surface area contributed by atoms with Crippen molar-refractivity contribution in [3.63, 3.8) is 0 Å². The molecule has 186 valence electrons. The number of hydrogen-bond donors (Lipinski definition) is 1. The maximum atomic E-state index is 13.1. The van der Waals surface area contributed by atoms with Crippen LogP contribution in [-0.2, 0) is 20.5 Å². The fourth-order valence-electron chi connectivity index (χ4n) is 3.26. The zero-order valence-corrected chi connectivity index (χ0v) is 18.5. The Balaban J connectivity index is 1.71. The average molecular weight is 500 g/mol. The van der Waals surface area contributed by atoms with Gasteiger partial charge in [-0.25, -0.2) is 0 Å². The van der Waals surface area contributed by atoms with Crippen LogP contribution in [0.15, 0.2) is 78.9 Å². The molecule has 0 heterocycles. The maximum Gasteiger partial charge on any atom is 0.418 e. The van der Waals surface area contributed by atoms with Crippen LogP contribution in [0.4, 0.5) is 24.5 Å². The third-order valence-electron chi connectivity index (χ3n) is 5.02. The van der Waals surface area contributed by atoms with Crippen LogP contribution in [0, 0.1) is 10.1 Å². The van der Waals surface area contributed by atoms with E-state index < -0.39 is 59.0 Å². The van der Waals surface area contributed by atoms with Gasteiger partial charge in [0, 0.05) is 29.7 Å². The molecule has 0 bridgehead atoms. The van der Waals surface area contributed by atoms with Gasteiger partial charge in [0.05, 0.1) is 22.6 Å². The van der Waals surface area contributed by atoms with E-state index in [1.54, 1.807) is 18.2 Å². The molecule has 1 amide bonds. The number of anilines is 1. The highest BCUT2D eigenvalue weighted by Crippen LogP contribution is 2.34. The normalized spacial score (nSPS) is 11.9. The predicted octanol–water partition coefficient (Wildman–Crippen LogP) is 5.50. The van der Waals surface area contributed by atoms with Crippen LogP contribution in [0.25, 0.3) is 0 Å². The summed E-state index contributed by atoms with van der Waals surface area (Å²) in [6.07, 6.45) is -7.16. The molecule has 1 N–H and O–H groups in total. The van der Waals surface area contributed by atoms with E-state index in [9.17, 15) is 37.7 Å². The van der Waals surface area contributed by atoms with E-state index in [0.717, 1.165) is 24.3 Å². The Morgan fingerprint density at radius 1 is 0.889 bits per heavy atom. The lowest BCUT2D eigenvalue weighted by Crippen LogP contribution is -2.22. The molecular weight excluding hydrogens is 481 g/mol. The second kappa shape index (κ2) is 11.3. The zero-order valence-electron chi connectivity index (χ0n) is 18.5. The summed E-state index contributed by atoms with van der Waals surface area (Å²) in [5.41, 5.74) is -1.33. The molecule has 0 radical (unpaired) electrons. The van der Waals surface area contributed by atoms with Gasteiger partial charge in [-0.2, -0.15) is 13.2 Å². The minimum Gasteiger partial charge on any atom is -0.449 e. The Morgan fingerprint density at radius 2 is 1.50 bits per heavy atom. The lowest BCUT2D eigenvalue weighted by atomic mass is 9.99. The van der Waals surface area contributed by atoms with Crippen LogP contribution >= 0.6 is 0 Å². The topological polar surface area (TPSA) is 116 Å². The second-order valence-electron chi connectivity index (χ2n) is 7.54. The quantitative estimate of drug-likeness (QED) is 0.180. The van der Waals surface area contributed by atoms with Crippen LogP contribution in [0.2, 0.25) is 0 Å². The number of nitrogens with zero attached hydrogens (tertiary/aromatic N) is 1. The number of amides is 1. The number of ether oxygens (including phenoxy) is 1. The molecule has 8 nitrogen and oxygen atoms in total. The molecule has 0 spiro atoms. The number of nitro groups is 1. The van der Waals surface area contributed by atoms with Gasteiger partial charge in [-0.15, -0.1) is 0 Å². The van der Waals surface area contributed by atoms with E-state index in [-0.39, 0.29) is 16.8 Å². The lowest BCUT2D eigenvalue weighted by molar-refractivity contribution is -0.384. The molecule has 0 saturated carbocycles. The van der Waals surface area contributed by atoms with E-state index in [4.69, 9.17) is 4.74 Å². The second-order valence-corrected chi connectivity index (χ2v) is 7.54. The lowest BCUT2D eigenvalue weighted by Gasteiger charge is -2.18. The van der Waals surface area contributed by atoms with Gasteiger partial charge in [-0.3, -0.25) is 24.5 Å². The number of halogens is 3. The Hall–Kier alpha value is -4.54. The van der Waals surface area contributed by atoms with Crippen molar-refractivity contribution in [1.29, 1.82) is 0 Å². The van der Waals surface area contributed by atoms with Gasteiger partial charge in [-0.1, -0.05) is 42.5 Å². The van der Waals surface area contributed by atoms with Crippen molar-refractivity contribution in [1.82, 2.24) is 0 Å². The first-order chi connectivity index (χ1) is 17.1. The molecule has 0 fully saturated rings. The maximum absolute atomic E-state index is 13.1. The number of nitrogens with one attached hydrogen (secondary N) is 1. The molecule has 0 aliphatic heterocycles. The van der Waals surface area contributed by atoms with Crippen LogP contribution in [0.5, 0.6) is 0 Å². The number of benzene rings is 3. The number of alkyl halides is 3. The Morgan fingerprint density at radius 3 is 2.11 bits per heavy atom.